The number of fused-ring (bicyclic) bond motifs is 1. The average molecular weight is 485 g/mol. The van der Waals surface area contributed by atoms with Gasteiger partial charge in [0.1, 0.15) is 17.2 Å². The number of carbonyl (C=O) groups excluding carboxylic acids is 2. The Kier molecular flexibility index (Phi) is 5.63. The van der Waals surface area contributed by atoms with Crippen LogP contribution in [0.15, 0.2) is 48.8 Å². The minimum atomic E-state index is -0.421. The molecular weight excluding hydrogens is 456 g/mol. The first-order chi connectivity index (χ1) is 17.6. The Morgan fingerprint density at radius 1 is 0.944 bits per heavy atom. The van der Waals surface area contributed by atoms with Crippen LogP contribution in [-0.2, 0) is 7.05 Å². The average Bonchev–Trinajstić information content (AvgIpc) is 3.47. The number of anilines is 2. The van der Waals surface area contributed by atoms with Gasteiger partial charge in [-0.15, -0.1) is 0 Å². The zero-order chi connectivity index (χ0) is 24.6. The molecule has 184 valence electrons. The van der Waals surface area contributed by atoms with Crippen LogP contribution < -0.4 is 10.2 Å². The van der Waals surface area contributed by atoms with Crippen LogP contribution in [0.25, 0.3) is 16.9 Å². The predicted octanol–water partition coefficient (Wildman–Crippen LogP) is 3.22. The van der Waals surface area contributed by atoms with Crippen molar-refractivity contribution >= 4 is 29.2 Å². The molecule has 0 aliphatic carbocycles. The van der Waals surface area contributed by atoms with E-state index >= 15 is 0 Å². The van der Waals surface area contributed by atoms with Gasteiger partial charge < -0.3 is 15.1 Å². The van der Waals surface area contributed by atoms with Crippen LogP contribution in [0.4, 0.5) is 11.8 Å². The summed E-state index contributed by atoms with van der Waals surface area (Å²) in [6.07, 6.45) is 7.83. The first-order valence-electron chi connectivity index (χ1n) is 12.4. The quantitative estimate of drug-likeness (QED) is 0.467. The minimum Gasteiger partial charge on any atom is -0.342 e. The molecule has 0 spiro atoms. The Hall–Kier alpha value is -4.21. The van der Waals surface area contributed by atoms with Gasteiger partial charge >= 0.3 is 0 Å². The van der Waals surface area contributed by atoms with Crippen LogP contribution in [0, 0.1) is 0 Å². The molecule has 0 saturated carbocycles. The zero-order valence-corrected chi connectivity index (χ0v) is 20.2. The largest absolute Gasteiger partial charge is 0.342 e. The van der Waals surface area contributed by atoms with Crippen molar-refractivity contribution in [1.29, 1.82) is 0 Å². The van der Waals surface area contributed by atoms with E-state index in [4.69, 9.17) is 9.97 Å². The number of imidazole rings is 1. The van der Waals surface area contributed by atoms with E-state index in [9.17, 15) is 9.59 Å². The molecule has 2 aliphatic heterocycles. The van der Waals surface area contributed by atoms with Gasteiger partial charge in [-0.3, -0.25) is 18.7 Å². The zero-order valence-electron chi connectivity index (χ0n) is 20.2. The van der Waals surface area contributed by atoms with Crippen molar-refractivity contribution in [1.82, 2.24) is 29.0 Å². The van der Waals surface area contributed by atoms with Crippen molar-refractivity contribution in [2.75, 3.05) is 36.4 Å². The lowest BCUT2D eigenvalue weighted by Gasteiger charge is -2.30. The van der Waals surface area contributed by atoms with Crippen LogP contribution in [0.3, 0.4) is 0 Å². The molecule has 1 N–H and O–H groups in total. The number of aryl methyl sites for hydroxylation is 1. The fourth-order valence-electron chi connectivity index (χ4n) is 4.83. The highest BCUT2D eigenvalue weighted by Crippen LogP contribution is 2.27. The summed E-state index contributed by atoms with van der Waals surface area (Å²) >= 11 is 0. The van der Waals surface area contributed by atoms with Gasteiger partial charge in [0.25, 0.3) is 11.8 Å². The molecule has 2 fully saturated rings. The molecular formula is C26H28N8O2. The highest BCUT2D eigenvalue weighted by Gasteiger charge is 2.29. The van der Waals surface area contributed by atoms with Gasteiger partial charge in [-0.1, -0.05) is 30.3 Å². The number of amides is 2. The Balaban J connectivity index is 1.37. The van der Waals surface area contributed by atoms with E-state index in [1.807, 2.05) is 40.9 Å². The third kappa shape index (κ3) is 3.98. The lowest BCUT2D eigenvalue weighted by molar-refractivity contribution is 0.0648. The Morgan fingerprint density at radius 2 is 1.72 bits per heavy atom. The fraction of sp³-hybridized carbons (Fsp3) is 0.346. The summed E-state index contributed by atoms with van der Waals surface area (Å²) in [6.45, 7) is 3.20. The predicted molar refractivity (Wildman–Crippen MR) is 136 cm³/mol. The highest BCUT2D eigenvalue weighted by molar-refractivity contribution is 6.11. The number of rotatable bonds is 5. The van der Waals surface area contributed by atoms with Crippen molar-refractivity contribution in [2.45, 2.75) is 25.7 Å². The van der Waals surface area contributed by atoms with Crippen molar-refractivity contribution in [3.63, 3.8) is 0 Å². The topological polar surface area (TPSA) is 101 Å². The summed E-state index contributed by atoms with van der Waals surface area (Å²) in [5, 5.41) is 7.10. The van der Waals surface area contributed by atoms with Crippen molar-refractivity contribution in [2.24, 2.45) is 7.05 Å². The summed E-state index contributed by atoms with van der Waals surface area (Å²) in [7, 11) is 1.67. The molecule has 2 aliphatic rings. The molecule has 36 heavy (non-hydrogen) atoms. The first kappa shape index (κ1) is 22.3. The molecule has 0 atom stereocenters. The van der Waals surface area contributed by atoms with Gasteiger partial charge in [-0.25, -0.2) is 4.98 Å². The number of hydrogen-bond acceptors (Lipinski definition) is 6. The monoisotopic (exact) mass is 484 g/mol. The second kappa shape index (κ2) is 9.10. The number of hydrogen-bond donors (Lipinski definition) is 1. The van der Waals surface area contributed by atoms with Crippen molar-refractivity contribution < 1.29 is 9.59 Å². The standard InChI is InChI=1S/C26H28N8O2/c1-31-23(19(16-27-31)25(36)32-13-8-14-32)24(35)29-21-15-22-28-20(18-9-4-2-5-10-18)17-34(22)26(30-21)33-11-6-3-7-12-33/h2,4-5,9-10,15-17H,3,6-8,11-14H2,1H3,(H,29,35). The van der Waals surface area contributed by atoms with Crippen LogP contribution in [0.1, 0.15) is 46.5 Å². The maximum Gasteiger partial charge on any atom is 0.275 e. The van der Waals surface area contributed by atoms with Crippen LogP contribution in [0.5, 0.6) is 0 Å². The molecule has 0 bridgehead atoms. The van der Waals surface area contributed by atoms with Gasteiger partial charge in [0, 0.05) is 51.1 Å². The van der Waals surface area contributed by atoms with Crippen molar-refractivity contribution in [3.8, 4) is 11.3 Å². The highest BCUT2D eigenvalue weighted by atomic mass is 16.2. The number of benzene rings is 1. The summed E-state index contributed by atoms with van der Waals surface area (Å²) in [4.78, 5) is 39.9. The van der Waals surface area contributed by atoms with Crippen LogP contribution >= 0.6 is 0 Å². The second-order valence-corrected chi connectivity index (χ2v) is 9.34. The fourth-order valence-corrected chi connectivity index (χ4v) is 4.83. The second-order valence-electron chi connectivity index (χ2n) is 9.34. The molecule has 1 aromatic carbocycles. The van der Waals surface area contributed by atoms with Crippen molar-refractivity contribution in [3.05, 3.63) is 60.0 Å². The number of piperidine rings is 1. The Labute approximate surface area is 208 Å². The number of nitrogens with zero attached hydrogens (tertiary/aromatic N) is 7. The van der Waals surface area contributed by atoms with Crippen LogP contribution in [-0.4, -0.2) is 67.0 Å². The van der Waals surface area contributed by atoms with E-state index < -0.39 is 5.91 Å². The lowest BCUT2D eigenvalue weighted by atomic mass is 10.1. The summed E-state index contributed by atoms with van der Waals surface area (Å²) in [5.41, 5.74) is 3.08. The van der Waals surface area contributed by atoms with Gasteiger partial charge in [0.15, 0.2) is 0 Å². The molecule has 3 aromatic heterocycles. The minimum absolute atomic E-state index is 0.169. The van der Waals surface area contributed by atoms with E-state index in [1.165, 1.54) is 17.3 Å². The Bertz CT molecular complexity index is 1430. The molecule has 4 aromatic rings. The molecule has 0 radical (unpaired) electrons. The molecule has 2 amide bonds. The smallest absolute Gasteiger partial charge is 0.275 e. The number of aromatic nitrogens is 5. The normalized spacial score (nSPS) is 15.7. The molecule has 6 rings (SSSR count). The summed E-state index contributed by atoms with van der Waals surface area (Å²) in [6, 6.07) is 11.8. The van der Waals surface area contributed by atoms with E-state index in [1.54, 1.807) is 18.0 Å². The number of likely N-dealkylation sites (tertiary alicyclic amines) is 1. The van der Waals surface area contributed by atoms with E-state index in [0.717, 1.165) is 49.6 Å². The maximum atomic E-state index is 13.4. The van der Waals surface area contributed by atoms with Gasteiger partial charge in [-0.05, 0) is 25.7 Å². The SMILES string of the molecule is Cn1ncc(C(=O)N2CCC2)c1C(=O)Nc1cc2nc(-c3ccccc3)cn2c(N2CCCCC2)n1. The molecule has 2 saturated heterocycles. The Morgan fingerprint density at radius 3 is 2.44 bits per heavy atom. The van der Waals surface area contributed by atoms with Gasteiger partial charge in [0.2, 0.25) is 5.95 Å². The third-order valence-corrected chi connectivity index (χ3v) is 6.91. The number of carbonyl (C=O) groups is 2. The lowest BCUT2D eigenvalue weighted by Crippen LogP contribution is -2.42. The van der Waals surface area contributed by atoms with Gasteiger partial charge in [0.05, 0.1) is 17.5 Å². The molecule has 10 heteroatoms. The number of nitrogens with one attached hydrogen (secondary N) is 1. The molecule has 5 heterocycles. The van der Waals surface area contributed by atoms with E-state index in [0.29, 0.717) is 30.1 Å². The first-order valence-corrected chi connectivity index (χ1v) is 12.4. The third-order valence-electron chi connectivity index (χ3n) is 6.91. The molecule has 0 unspecified atom stereocenters. The van der Waals surface area contributed by atoms with Crippen LogP contribution in [0.2, 0.25) is 0 Å². The van der Waals surface area contributed by atoms with E-state index in [-0.39, 0.29) is 11.6 Å². The summed E-state index contributed by atoms with van der Waals surface area (Å²) in [5.74, 6) is 0.550. The molecule has 10 nitrogen and oxygen atoms in total. The maximum absolute atomic E-state index is 13.4. The van der Waals surface area contributed by atoms with E-state index in [2.05, 4.69) is 15.3 Å². The van der Waals surface area contributed by atoms with Gasteiger partial charge in [-0.2, -0.15) is 10.1 Å². The summed E-state index contributed by atoms with van der Waals surface area (Å²) < 4.78 is 3.43.